The zero-order valence-corrected chi connectivity index (χ0v) is 20.8. The standard InChI is InChI=1S/C26H30N8O4/c27-26-29-25-24(22-14-21(30-34(22)26)23-2-1-13-37-23)28-17-33(25)12-9-31-7-10-32(11-8-31)18-3-5-20(6-4-18)38-16-19(36)15-35/h1-6,13-14,17,19,35-36H,7-12,15-16H2,(H2,27,29). The number of imidazole rings is 1. The molecule has 0 radical (unpaired) electrons. The van der Waals surface area contributed by atoms with Crippen LogP contribution in [0.2, 0.25) is 0 Å². The van der Waals surface area contributed by atoms with E-state index in [4.69, 9.17) is 20.0 Å². The first-order valence-electron chi connectivity index (χ1n) is 12.6. The van der Waals surface area contributed by atoms with Crippen molar-refractivity contribution in [2.45, 2.75) is 12.6 Å². The van der Waals surface area contributed by atoms with E-state index < -0.39 is 6.10 Å². The molecule has 4 aromatic heterocycles. The smallest absolute Gasteiger partial charge is 0.223 e. The van der Waals surface area contributed by atoms with Crippen molar-refractivity contribution in [3.05, 3.63) is 55.1 Å². The molecule has 1 fully saturated rings. The SMILES string of the molecule is Nc1nc2c(ncn2CCN2CCN(c3ccc(OCC(O)CO)cc3)CC2)c2cc(-c3ccco3)nn12. The van der Waals surface area contributed by atoms with Crippen LogP contribution < -0.4 is 15.4 Å². The van der Waals surface area contributed by atoms with Gasteiger partial charge >= 0.3 is 0 Å². The van der Waals surface area contributed by atoms with Gasteiger partial charge < -0.3 is 34.6 Å². The van der Waals surface area contributed by atoms with Crippen LogP contribution in [0.3, 0.4) is 0 Å². The average Bonchev–Trinajstić information content (AvgIpc) is 3.71. The Labute approximate surface area is 218 Å². The van der Waals surface area contributed by atoms with Gasteiger partial charge in [-0.3, -0.25) is 4.90 Å². The predicted molar refractivity (Wildman–Crippen MR) is 142 cm³/mol. The van der Waals surface area contributed by atoms with E-state index in [1.807, 2.05) is 53.4 Å². The van der Waals surface area contributed by atoms with Gasteiger partial charge in [0.15, 0.2) is 11.4 Å². The number of hydrogen-bond acceptors (Lipinski definition) is 10. The highest BCUT2D eigenvalue weighted by atomic mass is 16.5. The first-order chi connectivity index (χ1) is 18.6. The number of rotatable bonds is 9. The molecule has 1 aliphatic rings. The van der Waals surface area contributed by atoms with Crippen LogP contribution in [-0.4, -0.2) is 91.3 Å². The number of aromatic nitrogens is 5. The van der Waals surface area contributed by atoms with Crippen molar-refractivity contribution < 1.29 is 19.4 Å². The number of furan rings is 1. The minimum absolute atomic E-state index is 0.0716. The monoisotopic (exact) mass is 518 g/mol. The molecule has 1 aliphatic heterocycles. The highest BCUT2D eigenvalue weighted by Crippen LogP contribution is 2.26. The first kappa shape index (κ1) is 24.2. The maximum Gasteiger partial charge on any atom is 0.223 e. The van der Waals surface area contributed by atoms with Crippen molar-refractivity contribution in [2.75, 3.05) is 56.6 Å². The van der Waals surface area contributed by atoms with E-state index in [1.54, 1.807) is 10.8 Å². The average molecular weight is 519 g/mol. The molecule has 0 bridgehead atoms. The minimum atomic E-state index is -0.872. The Kier molecular flexibility index (Phi) is 6.58. The van der Waals surface area contributed by atoms with E-state index in [0.717, 1.165) is 61.6 Å². The summed E-state index contributed by atoms with van der Waals surface area (Å²) in [6.07, 6.45) is 2.56. The van der Waals surface area contributed by atoms with Crippen molar-refractivity contribution in [3.63, 3.8) is 0 Å². The zero-order valence-electron chi connectivity index (χ0n) is 20.8. The molecule has 12 heteroatoms. The van der Waals surface area contributed by atoms with Crippen molar-refractivity contribution in [2.24, 2.45) is 0 Å². The second-order valence-electron chi connectivity index (χ2n) is 9.35. The van der Waals surface area contributed by atoms with Crippen molar-refractivity contribution in [1.82, 2.24) is 29.0 Å². The Morgan fingerprint density at radius 1 is 1.08 bits per heavy atom. The molecule has 38 heavy (non-hydrogen) atoms. The summed E-state index contributed by atoms with van der Waals surface area (Å²) in [7, 11) is 0. The number of aliphatic hydroxyl groups excluding tert-OH is 2. The Hall–Kier alpha value is -4.13. The third kappa shape index (κ3) is 4.76. The molecule has 0 amide bonds. The summed E-state index contributed by atoms with van der Waals surface area (Å²) in [5, 5.41) is 22.9. The number of fused-ring (bicyclic) bond motifs is 3. The van der Waals surface area contributed by atoms with Crippen LogP contribution in [-0.2, 0) is 6.54 Å². The quantitative estimate of drug-likeness (QED) is 0.262. The largest absolute Gasteiger partial charge is 0.491 e. The van der Waals surface area contributed by atoms with E-state index >= 15 is 0 Å². The van der Waals surface area contributed by atoms with Gasteiger partial charge in [0.05, 0.1) is 19.2 Å². The summed E-state index contributed by atoms with van der Waals surface area (Å²) < 4.78 is 14.6. The van der Waals surface area contributed by atoms with Crippen LogP contribution in [0, 0.1) is 0 Å². The molecule has 1 unspecified atom stereocenters. The number of benzene rings is 1. The Balaban J connectivity index is 1.07. The van der Waals surface area contributed by atoms with Gasteiger partial charge in [0, 0.05) is 45.0 Å². The van der Waals surface area contributed by atoms with Crippen LogP contribution in [0.4, 0.5) is 11.6 Å². The fourth-order valence-corrected chi connectivity index (χ4v) is 4.74. The molecule has 12 nitrogen and oxygen atoms in total. The number of ether oxygens (including phenoxy) is 1. The molecule has 0 aliphatic carbocycles. The summed E-state index contributed by atoms with van der Waals surface area (Å²) >= 11 is 0. The lowest BCUT2D eigenvalue weighted by Gasteiger charge is -2.36. The molecule has 5 heterocycles. The zero-order chi connectivity index (χ0) is 26.1. The van der Waals surface area contributed by atoms with Gasteiger partial charge in [-0.1, -0.05) is 0 Å². The molecule has 6 rings (SSSR count). The number of nitrogens with two attached hydrogens (primary N) is 1. The molecule has 0 saturated carbocycles. The minimum Gasteiger partial charge on any atom is -0.491 e. The van der Waals surface area contributed by atoms with Gasteiger partial charge in [-0.15, -0.1) is 0 Å². The number of anilines is 2. The highest BCUT2D eigenvalue weighted by Gasteiger charge is 2.19. The third-order valence-corrected chi connectivity index (χ3v) is 6.86. The van der Waals surface area contributed by atoms with E-state index in [2.05, 4.69) is 24.9 Å². The van der Waals surface area contributed by atoms with Crippen LogP contribution in [0.15, 0.2) is 59.5 Å². The number of aliphatic hydroxyl groups is 2. The number of piperazine rings is 1. The maximum atomic E-state index is 9.44. The molecule has 1 atom stereocenters. The lowest BCUT2D eigenvalue weighted by atomic mass is 10.2. The number of nitrogen functional groups attached to an aromatic ring is 1. The molecule has 4 N–H and O–H groups in total. The lowest BCUT2D eigenvalue weighted by Crippen LogP contribution is -2.47. The summed E-state index contributed by atoms with van der Waals surface area (Å²) in [6, 6.07) is 13.4. The van der Waals surface area contributed by atoms with E-state index in [0.29, 0.717) is 23.2 Å². The van der Waals surface area contributed by atoms with E-state index in [9.17, 15) is 5.11 Å². The van der Waals surface area contributed by atoms with Gasteiger partial charge in [0.2, 0.25) is 5.95 Å². The normalized spacial score (nSPS) is 15.5. The van der Waals surface area contributed by atoms with Crippen LogP contribution in [0.1, 0.15) is 0 Å². The fourth-order valence-electron chi connectivity index (χ4n) is 4.74. The summed E-state index contributed by atoms with van der Waals surface area (Å²) in [5.41, 5.74) is 10.4. The molecule has 1 aromatic carbocycles. The van der Waals surface area contributed by atoms with Gasteiger partial charge in [-0.05, 0) is 42.5 Å². The summed E-state index contributed by atoms with van der Waals surface area (Å²) in [5.74, 6) is 1.65. The van der Waals surface area contributed by atoms with Crippen molar-refractivity contribution >= 4 is 28.3 Å². The van der Waals surface area contributed by atoms with Crippen LogP contribution >= 0.6 is 0 Å². The van der Waals surface area contributed by atoms with E-state index in [-0.39, 0.29) is 13.2 Å². The van der Waals surface area contributed by atoms with E-state index in [1.165, 1.54) is 0 Å². The Morgan fingerprint density at radius 3 is 2.63 bits per heavy atom. The van der Waals surface area contributed by atoms with Gasteiger partial charge in [-0.2, -0.15) is 14.6 Å². The maximum absolute atomic E-state index is 9.44. The fraction of sp³-hybridized carbons (Fsp3) is 0.346. The van der Waals surface area contributed by atoms with Crippen LogP contribution in [0.25, 0.3) is 28.1 Å². The highest BCUT2D eigenvalue weighted by molar-refractivity contribution is 5.90. The number of hydrogen-bond donors (Lipinski definition) is 3. The first-order valence-corrected chi connectivity index (χ1v) is 12.6. The topological polar surface area (TPSA) is 143 Å². The summed E-state index contributed by atoms with van der Waals surface area (Å²) in [6.45, 7) is 5.13. The molecular weight excluding hydrogens is 488 g/mol. The van der Waals surface area contributed by atoms with Gasteiger partial charge in [0.1, 0.15) is 35.2 Å². The Bertz CT molecular complexity index is 1500. The van der Waals surface area contributed by atoms with Gasteiger partial charge in [0.25, 0.3) is 0 Å². The predicted octanol–water partition coefficient (Wildman–Crippen LogP) is 1.48. The second kappa shape index (κ2) is 10.3. The molecule has 5 aromatic rings. The molecule has 1 saturated heterocycles. The lowest BCUT2D eigenvalue weighted by molar-refractivity contribution is 0.0536. The number of nitrogens with zero attached hydrogens (tertiary/aromatic N) is 7. The molecular formula is C26H30N8O4. The molecule has 0 spiro atoms. The van der Waals surface area contributed by atoms with Crippen LogP contribution in [0.5, 0.6) is 5.75 Å². The second-order valence-corrected chi connectivity index (χ2v) is 9.35. The third-order valence-electron chi connectivity index (χ3n) is 6.86. The summed E-state index contributed by atoms with van der Waals surface area (Å²) in [4.78, 5) is 14.0. The van der Waals surface area contributed by atoms with Crippen molar-refractivity contribution in [1.29, 1.82) is 0 Å². The molecule has 198 valence electrons. The van der Waals surface area contributed by atoms with Crippen molar-refractivity contribution in [3.8, 4) is 17.2 Å². The van der Waals surface area contributed by atoms with Gasteiger partial charge in [-0.25, -0.2) is 4.98 Å². The Morgan fingerprint density at radius 2 is 1.89 bits per heavy atom.